The number of ketones is 6. The van der Waals surface area contributed by atoms with Gasteiger partial charge in [0.2, 0.25) is 5.79 Å². The van der Waals surface area contributed by atoms with Crippen LogP contribution in [0.5, 0.6) is 0 Å². The van der Waals surface area contributed by atoms with Crippen LogP contribution in [-0.4, -0.2) is 267 Å². The molecule has 6 fully saturated rings. The number of cyclic esters (lactones) is 2. The van der Waals surface area contributed by atoms with E-state index in [9.17, 15) is 53.1 Å². The summed E-state index contributed by atoms with van der Waals surface area (Å²) in [5, 5.41) is 12.0. The zero-order valence-electron chi connectivity index (χ0n) is 85.0. The van der Waals surface area contributed by atoms with E-state index in [2.05, 4.69) is 6.92 Å². The second kappa shape index (κ2) is 55.3. The number of rotatable bonds is 16. The molecule has 2 unspecified atom stereocenters. The standard InChI is InChI=1S/C53H82FNO12.C53H83NO13/c1-32-18-14-13-15-19-33(2)44(62-9)30-40-23-21-38(7)53(54,67-40)50(58)51(59)55-25-17-16-20-41(55)52(60)66-45(35(4)28-39-22-24-43(61-8)46(29-39)63-10)31-42(56)34(3)27-37(6)48(64-11)49(65-12)47(57)36(5)26-32;1-32-18-14-13-15-19-33(2)44(62-9)30-40-23-21-38(7)53(60,67-40)50(57)51(58)54-25-17-16-20-41(54)52(59)66-45(35(4)28-39-22-24-43(61-8)46(29-39)63-10)31-42(55)34(3)27-37(6)48(64-11)49(65-12)47(56)36(5)26-32/h13-15,18-19,27,32,34-36,38-41,43-46,48-49H,16-17,20-26,28-31H2,1-12H3;13-15,18-19,27,32,34-36,38-41,43-46,48-49,60H,16-17,20-26,28-31H2,1-12H3/b2*15-13?,18-14+,33-19?,37-27+/t2*32-,34-,35-,36-,38-,39+,40+,41+,43-,44+,45?,46-,48-,49+,53-/m11/s1. The van der Waals surface area contributed by atoms with E-state index in [0.717, 1.165) is 54.6 Å². The number of aliphatic hydroxyl groups is 1. The van der Waals surface area contributed by atoms with Gasteiger partial charge < -0.3 is 81.2 Å². The Balaban J connectivity index is 0.000000366. The average molecular weight is 1890 g/mol. The maximum atomic E-state index is 17.1. The Hall–Kier alpha value is -6.77. The molecule has 30 atom stereocenters. The molecule has 6 heterocycles. The van der Waals surface area contributed by atoms with Gasteiger partial charge in [-0.2, -0.15) is 0 Å². The van der Waals surface area contributed by atoms with Crippen molar-refractivity contribution < 1.29 is 124 Å². The lowest BCUT2D eigenvalue weighted by atomic mass is 9.78. The van der Waals surface area contributed by atoms with E-state index in [1.54, 1.807) is 82.5 Å². The third-order valence-electron chi connectivity index (χ3n) is 29.9. The average Bonchev–Trinajstić information content (AvgIpc) is 0.773. The number of amides is 2. The van der Waals surface area contributed by atoms with E-state index in [-0.39, 0.29) is 140 Å². The minimum atomic E-state index is -2.91. The molecule has 4 bridgehead atoms. The molecule has 134 heavy (non-hydrogen) atoms. The quantitative estimate of drug-likeness (QED) is 0.0852. The predicted molar refractivity (Wildman–Crippen MR) is 508 cm³/mol. The van der Waals surface area contributed by atoms with Gasteiger partial charge in [0.25, 0.3) is 29.2 Å². The van der Waals surface area contributed by atoms with Crippen LogP contribution >= 0.6 is 0 Å². The van der Waals surface area contributed by atoms with Crippen molar-refractivity contribution in [3.8, 4) is 0 Å². The van der Waals surface area contributed by atoms with Crippen LogP contribution in [0.1, 0.15) is 251 Å². The first-order valence-electron chi connectivity index (χ1n) is 49.4. The number of hydrogen-bond donors (Lipinski definition) is 1. The van der Waals surface area contributed by atoms with Gasteiger partial charge in [0.1, 0.15) is 60.3 Å². The highest BCUT2D eigenvalue weighted by atomic mass is 19.2. The molecule has 8 rings (SSSR count). The number of esters is 2. The van der Waals surface area contributed by atoms with Crippen LogP contribution in [0.3, 0.4) is 0 Å². The predicted octanol–water partition coefficient (Wildman–Crippen LogP) is 16.0. The maximum Gasteiger partial charge on any atom is 0.329 e. The van der Waals surface area contributed by atoms with Crippen molar-refractivity contribution in [3.05, 3.63) is 95.2 Å². The highest BCUT2D eigenvalue weighted by Gasteiger charge is 2.57. The molecule has 2 amide bonds. The lowest BCUT2D eigenvalue weighted by molar-refractivity contribution is -0.265. The number of halogens is 1. The van der Waals surface area contributed by atoms with Crippen LogP contribution in [0.25, 0.3) is 0 Å². The van der Waals surface area contributed by atoms with Gasteiger partial charge in [-0.15, -0.1) is 0 Å². The fraction of sp³-hybridized carbons (Fsp3) is 0.755. The summed E-state index contributed by atoms with van der Waals surface area (Å²) in [5.74, 6) is -15.6. The van der Waals surface area contributed by atoms with E-state index in [1.807, 2.05) is 123 Å². The number of carbonyl (C=O) groups excluding carboxylic acids is 10. The van der Waals surface area contributed by atoms with Gasteiger partial charge in [0.15, 0.2) is 11.6 Å². The number of nitrogens with zero attached hydrogens (tertiary/aromatic N) is 2. The molecule has 2 aliphatic carbocycles. The van der Waals surface area contributed by atoms with Crippen molar-refractivity contribution in [3.63, 3.8) is 0 Å². The number of Topliss-reactive ketones (excluding diaryl/α,β-unsaturated/α-hetero) is 6. The van der Waals surface area contributed by atoms with Gasteiger partial charge in [-0.25, -0.2) is 14.0 Å². The molecule has 1 N–H and O–H groups in total. The largest absolute Gasteiger partial charge is 0.460 e. The van der Waals surface area contributed by atoms with Crippen molar-refractivity contribution in [1.29, 1.82) is 0 Å². The lowest BCUT2D eigenvalue weighted by Gasteiger charge is -2.42. The van der Waals surface area contributed by atoms with Gasteiger partial charge in [-0.3, -0.25) is 38.4 Å². The summed E-state index contributed by atoms with van der Waals surface area (Å²) in [6.07, 6.45) is 27.4. The third-order valence-corrected chi connectivity index (χ3v) is 29.9. The Bertz CT molecular complexity index is 3840. The molecule has 6 aliphatic heterocycles. The summed E-state index contributed by atoms with van der Waals surface area (Å²) in [4.78, 5) is 145. The van der Waals surface area contributed by atoms with Crippen molar-refractivity contribution in [2.24, 2.45) is 71.0 Å². The SMILES string of the molecule is CO[C@H]1C[C@@H]2CC[C@@H](C)[C@@](F)(O2)C(=O)C(=O)N2CCCC[C@H]2C(=O)OC([C@H](C)C[C@@H]2CC[C@@H](OC)[C@H](OC)C2)CC(=O)[C@H](C)/C=C(\C)[C@@H](OC)[C@@H](OC)C(=O)[C@H](C)C[C@H](C)/C=C/C=CC=C1C.CO[C@H]1C[C@@H]2CC[C@@H](C)[C@@](O)(O2)C(=O)C(=O)N2CCCC[C@H]2C(=O)OC([C@H](C)C[C@@H]2CC[C@@H](OC)[C@H](OC)C2)CC(=O)[C@H](C)/C=C(\C)[C@@H](OC)[C@@H](OC)C(=O)[C@H](C)C[C@H](C)/C=C/C=CC=C1C. The number of ether oxygens (including phenoxy) is 14. The van der Waals surface area contributed by atoms with Gasteiger partial charge in [-0.1, -0.05) is 142 Å². The molecule has 8 aliphatic rings. The molecular weight excluding hydrogens is 1720 g/mol. The first-order chi connectivity index (χ1) is 63.7. The molecule has 0 aromatic carbocycles. The van der Waals surface area contributed by atoms with Gasteiger partial charge in [0.05, 0.1) is 48.8 Å². The summed E-state index contributed by atoms with van der Waals surface area (Å²) < 4.78 is 99.9. The Morgan fingerprint density at radius 3 is 1.17 bits per heavy atom. The molecular formula is C106H165FN2O25. The Labute approximate surface area is 798 Å². The molecule has 2 saturated carbocycles. The maximum absolute atomic E-state index is 17.1. The zero-order valence-corrected chi connectivity index (χ0v) is 85.0. The molecule has 0 radical (unpaired) electrons. The Morgan fingerprint density at radius 2 is 0.791 bits per heavy atom. The van der Waals surface area contributed by atoms with E-state index in [1.165, 1.54) is 33.3 Å². The highest BCUT2D eigenvalue weighted by Crippen LogP contribution is 2.43. The molecule has 28 heteroatoms. The number of carbonyl (C=O) groups is 10. The molecule has 0 spiro atoms. The zero-order chi connectivity index (χ0) is 99.2. The second-order valence-electron chi connectivity index (χ2n) is 40.0. The number of hydrogen-bond acceptors (Lipinski definition) is 25. The van der Waals surface area contributed by atoms with Crippen molar-refractivity contribution in [2.75, 3.05) is 84.2 Å². The first-order valence-corrected chi connectivity index (χ1v) is 49.4. The molecule has 0 aromatic rings. The van der Waals surface area contributed by atoms with Crippen LogP contribution < -0.4 is 0 Å². The van der Waals surface area contributed by atoms with Crippen LogP contribution in [0.4, 0.5) is 4.39 Å². The molecule has 756 valence electrons. The first kappa shape index (κ1) is 114. The summed E-state index contributed by atoms with van der Waals surface area (Å²) in [6, 6.07) is -2.27. The summed E-state index contributed by atoms with van der Waals surface area (Å²) >= 11 is 0. The minimum Gasteiger partial charge on any atom is -0.460 e. The van der Waals surface area contributed by atoms with Crippen LogP contribution in [0, 0.1) is 71.0 Å². The summed E-state index contributed by atoms with van der Waals surface area (Å²) in [7, 11) is 15.9. The molecule has 0 aromatic heterocycles. The Morgan fingerprint density at radius 1 is 0.410 bits per heavy atom. The van der Waals surface area contributed by atoms with Crippen molar-refractivity contribution >= 4 is 58.5 Å². The highest BCUT2D eigenvalue weighted by molar-refractivity contribution is 6.39. The topological polar surface area (TPSA) is 327 Å². The van der Waals surface area contributed by atoms with Gasteiger partial charge in [-0.05, 0) is 214 Å². The number of methoxy groups -OCH3 is 10. The fourth-order valence-electron chi connectivity index (χ4n) is 21.3. The van der Waals surface area contributed by atoms with Crippen molar-refractivity contribution in [1.82, 2.24) is 9.80 Å². The number of fused-ring (bicyclic) bond motifs is 6. The number of piperidine rings is 2. The number of alkyl halides is 1. The fourth-order valence-corrected chi connectivity index (χ4v) is 21.3. The van der Waals surface area contributed by atoms with E-state index in [0.29, 0.717) is 94.6 Å². The molecule has 27 nitrogen and oxygen atoms in total. The van der Waals surface area contributed by atoms with Crippen LogP contribution in [0.15, 0.2) is 95.2 Å². The Kier molecular flexibility index (Phi) is 47.1. The van der Waals surface area contributed by atoms with Crippen LogP contribution in [-0.2, 0) is 114 Å². The van der Waals surface area contributed by atoms with E-state index < -0.39 is 144 Å². The monoisotopic (exact) mass is 1890 g/mol. The summed E-state index contributed by atoms with van der Waals surface area (Å²) in [6.45, 7) is 26.2. The van der Waals surface area contributed by atoms with Crippen molar-refractivity contribution in [2.45, 2.75) is 360 Å². The van der Waals surface area contributed by atoms with E-state index >= 15 is 4.39 Å². The smallest absolute Gasteiger partial charge is 0.329 e. The normalized spacial score (nSPS) is 38.3. The lowest BCUT2D eigenvalue weighted by Crippen LogP contribution is -2.61. The van der Waals surface area contributed by atoms with Gasteiger partial charge >= 0.3 is 11.9 Å². The molecule has 4 saturated heterocycles. The van der Waals surface area contributed by atoms with Gasteiger partial charge in [0, 0.05) is 145 Å². The third kappa shape index (κ3) is 31.1. The minimum absolute atomic E-state index is 0.0234. The van der Waals surface area contributed by atoms with Crippen LogP contribution in [0.2, 0.25) is 0 Å². The number of allylic oxidation sites excluding steroid dienone is 12. The second-order valence-corrected chi connectivity index (χ2v) is 40.0. The summed E-state index contributed by atoms with van der Waals surface area (Å²) in [5.41, 5.74) is 3.06. The van der Waals surface area contributed by atoms with E-state index in [4.69, 9.17) is 66.3 Å².